The van der Waals surface area contributed by atoms with Gasteiger partial charge in [0.25, 0.3) is 5.91 Å². The van der Waals surface area contributed by atoms with E-state index in [-0.39, 0.29) is 11.1 Å². The van der Waals surface area contributed by atoms with E-state index in [0.29, 0.717) is 27.4 Å². The molecule has 0 bridgehead atoms. The Morgan fingerprint density at radius 3 is 2.23 bits per heavy atom. The third kappa shape index (κ3) is 3.80. The van der Waals surface area contributed by atoms with Crippen molar-refractivity contribution in [2.75, 3.05) is 12.4 Å². The summed E-state index contributed by atoms with van der Waals surface area (Å²) < 4.78 is 5.34. The fourth-order valence-electron chi connectivity index (χ4n) is 3.38. The van der Waals surface area contributed by atoms with Crippen LogP contribution in [0.3, 0.4) is 0 Å². The number of carbonyl (C=O) groups is 1. The van der Waals surface area contributed by atoms with Crippen LogP contribution in [0, 0.1) is 6.92 Å². The molecule has 0 spiro atoms. The molecule has 0 aliphatic heterocycles. The summed E-state index contributed by atoms with van der Waals surface area (Å²) >= 11 is 5.93. The molecule has 2 N–H and O–H groups in total. The number of amides is 1. The molecule has 1 heterocycles. The van der Waals surface area contributed by atoms with Gasteiger partial charge in [-0.15, -0.1) is 0 Å². The van der Waals surface area contributed by atoms with Crippen LogP contribution in [0.5, 0.6) is 5.75 Å². The number of H-pyrrole nitrogens is 1. The Labute approximate surface area is 178 Å². The Kier molecular flexibility index (Phi) is 5.29. The lowest BCUT2D eigenvalue weighted by atomic mass is 10.1. The van der Waals surface area contributed by atoms with Crippen molar-refractivity contribution >= 4 is 34.1 Å². The summed E-state index contributed by atoms with van der Waals surface area (Å²) in [5.41, 5.74) is 3.91. The molecule has 0 saturated heterocycles. The summed E-state index contributed by atoms with van der Waals surface area (Å²) in [6.45, 7) is 1.85. The van der Waals surface area contributed by atoms with E-state index in [9.17, 15) is 9.59 Å². The zero-order valence-corrected chi connectivity index (χ0v) is 17.2. The molecule has 0 fully saturated rings. The maximum atomic E-state index is 12.8. The second-order valence-electron chi connectivity index (χ2n) is 6.92. The summed E-state index contributed by atoms with van der Waals surface area (Å²) in [6, 6.07) is 19.9. The summed E-state index contributed by atoms with van der Waals surface area (Å²) in [6.07, 6.45) is 0. The second kappa shape index (κ2) is 8.05. The number of carbonyl (C=O) groups excluding carboxylic acids is 1. The highest BCUT2D eigenvalue weighted by Crippen LogP contribution is 2.25. The van der Waals surface area contributed by atoms with E-state index in [1.165, 1.54) is 13.2 Å². The van der Waals surface area contributed by atoms with Gasteiger partial charge in [-0.3, -0.25) is 9.59 Å². The number of ether oxygens (including phenoxy) is 1. The minimum atomic E-state index is -0.406. The molecular formula is C24H19ClN2O3. The zero-order valence-electron chi connectivity index (χ0n) is 16.5. The minimum absolute atomic E-state index is 0.165. The van der Waals surface area contributed by atoms with Crippen molar-refractivity contribution in [3.8, 4) is 16.9 Å². The van der Waals surface area contributed by atoms with Crippen LogP contribution in [0.25, 0.3) is 22.0 Å². The van der Waals surface area contributed by atoms with E-state index in [0.717, 1.165) is 16.7 Å². The van der Waals surface area contributed by atoms with E-state index >= 15 is 0 Å². The minimum Gasteiger partial charge on any atom is -0.495 e. The first-order valence-electron chi connectivity index (χ1n) is 9.34. The molecule has 0 aliphatic rings. The molecule has 0 atom stereocenters. The monoisotopic (exact) mass is 418 g/mol. The molecule has 0 saturated carbocycles. The smallest absolute Gasteiger partial charge is 0.272 e. The van der Waals surface area contributed by atoms with Gasteiger partial charge in [0.15, 0.2) is 5.43 Å². The first-order chi connectivity index (χ1) is 14.5. The van der Waals surface area contributed by atoms with E-state index < -0.39 is 5.91 Å². The van der Waals surface area contributed by atoms with Gasteiger partial charge < -0.3 is 15.0 Å². The average molecular weight is 419 g/mol. The predicted molar refractivity (Wildman–Crippen MR) is 121 cm³/mol. The van der Waals surface area contributed by atoms with Crippen molar-refractivity contribution in [3.05, 3.63) is 93.2 Å². The van der Waals surface area contributed by atoms with E-state index in [1.807, 2.05) is 61.5 Å². The topological polar surface area (TPSA) is 71.2 Å². The van der Waals surface area contributed by atoms with Crippen LogP contribution in [0.1, 0.15) is 16.1 Å². The normalized spacial score (nSPS) is 10.8. The van der Waals surface area contributed by atoms with Crippen molar-refractivity contribution in [1.82, 2.24) is 4.98 Å². The van der Waals surface area contributed by atoms with Gasteiger partial charge >= 0.3 is 0 Å². The van der Waals surface area contributed by atoms with Crippen LogP contribution in [-0.4, -0.2) is 18.0 Å². The average Bonchev–Trinajstić information content (AvgIpc) is 2.75. The highest BCUT2D eigenvalue weighted by Gasteiger charge is 2.14. The first kappa shape index (κ1) is 19.7. The quantitative estimate of drug-likeness (QED) is 0.465. The molecule has 30 heavy (non-hydrogen) atoms. The van der Waals surface area contributed by atoms with Gasteiger partial charge in [0, 0.05) is 16.8 Å². The Bertz CT molecular complexity index is 1290. The van der Waals surface area contributed by atoms with E-state index in [1.54, 1.807) is 6.07 Å². The highest BCUT2D eigenvalue weighted by molar-refractivity contribution is 6.30. The van der Waals surface area contributed by atoms with Gasteiger partial charge in [0.1, 0.15) is 11.4 Å². The maximum Gasteiger partial charge on any atom is 0.272 e. The molecule has 0 unspecified atom stereocenters. The summed E-state index contributed by atoms with van der Waals surface area (Å²) in [4.78, 5) is 28.4. The lowest BCUT2D eigenvalue weighted by molar-refractivity contribution is 0.102. The van der Waals surface area contributed by atoms with Gasteiger partial charge in [-0.1, -0.05) is 41.9 Å². The number of fused-ring (bicyclic) bond motifs is 1. The molecule has 4 rings (SSSR count). The fourth-order valence-corrected chi connectivity index (χ4v) is 3.51. The van der Waals surface area contributed by atoms with Crippen LogP contribution in [-0.2, 0) is 0 Å². The number of methoxy groups -OCH3 is 1. The maximum absolute atomic E-state index is 12.8. The number of pyridine rings is 1. The molecule has 1 aromatic heterocycles. The van der Waals surface area contributed by atoms with Crippen molar-refractivity contribution in [2.45, 2.75) is 6.92 Å². The number of anilines is 1. The summed E-state index contributed by atoms with van der Waals surface area (Å²) in [5.74, 6) is 0.103. The van der Waals surface area contributed by atoms with Gasteiger partial charge in [-0.25, -0.2) is 0 Å². The van der Waals surface area contributed by atoms with Crippen LogP contribution in [0.15, 0.2) is 71.5 Å². The summed E-state index contributed by atoms with van der Waals surface area (Å²) in [7, 11) is 1.53. The number of hydrogen-bond acceptors (Lipinski definition) is 3. The largest absolute Gasteiger partial charge is 0.495 e. The molecule has 150 valence electrons. The Morgan fingerprint density at radius 1 is 0.967 bits per heavy atom. The Morgan fingerprint density at radius 2 is 1.60 bits per heavy atom. The number of aryl methyl sites for hydroxylation is 1. The number of benzene rings is 3. The second-order valence-corrected chi connectivity index (χ2v) is 7.36. The molecular weight excluding hydrogens is 400 g/mol. The number of aromatic nitrogens is 1. The molecule has 6 heteroatoms. The van der Waals surface area contributed by atoms with Crippen molar-refractivity contribution in [3.63, 3.8) is 0 Å². The highest BCUT2D eigenvalue weighted by atomic mass is 35.5. The number of rotatable bonds is 4. The van der Waals surface area contributed by atoms with Gasteiger partial charge in [-0.2, -0.15) is 0 Å². The molecule has 4 aromatic rings. The first-order valence-corrected chi connectivity index (χ1v) is 9.72. The third-order valence-electron chi connectivity index (χ3n) is 4.94. The fraction of sp³-hybridized carbons (Fsp3) is 0.0833. The molecule has 0 aliphatic carbocycles. The lowest BCUT2D eigenvalue weighted by Crippen LogP contribution is -2.17. The van der Waals surface area contributed by atoms with Crippen molar-refractivity contribution in [2.24, 2.45) is 0 Å². The van der Waals surface area contributed by atoms with Crippen LogP contribution >= 0.6 is 11.6 Å². The van der Waals surface area contributed by atoms with Crippen molar-refractivity contribution in [1.29, 1.82) is 0 Å². The molecule has 1 amide bonds. The molecule has 3 aromatic carbocycles. The van der Waals surface area contributed by atoms with Crippen LogP contribution in [0.4, 0.5) is 5.69 Å². The third-order valence-corrected chi connectivity index (χ3v) is 5.19. The summed E-state index contributed by atoms with van der Waals surface area (Å²) in [5, 5.41) is 4.01. The number of hydrogen-bond donors (Lipinski definition) is 2. The van der Waals surface area contributed by atoms with Gasteiger partial charge in [0.05, 0.1) is 18.0 Å². The molecule has 5 nitrogen and oxygen atoms in total. The van der Waals surface area contributed by atoms with E-state index in [2.05, 4.69) is 10.3 Å². The standard InChI is InChI=1S/C24H19ClN2O3/c1-14-3-12-21(30-2)23-22(14)20(28)13-19(27-23)24(29)26-18-10-6-16(7-11-18)15-4-8-17(25)9-5-15/h3-13H,1-2H3,(H,26,29)(H,27,28). The number of aromatic amines is 1. The lowest BCUT2D eigenvalue weighted by Gasteiger charge is -2.11. The molecule has 0 radical (unpaired) electrons. The van der Waals surface area contributed by atoms with Gasteiger partial charge in [0.2, 0.25) is 0 Å². The number of nitrogens with one attached hydrogen (secondary N) is 2. The zero-order chi connectivity index (χ0) is 21.3. The van der Waals surface area contributed by atoms with Crippen molar-refractivity contribution < 1.29 is 9.53 Å². The van der Waals surface area contributed by atoms with E-state index in [4.69, 9.17) is 16.3 Å². The Hall–Kier alpha value is -3.57. The predicted octanol–water partition coefficient (Wildman–Crippen LogP) is 5.42. The van der Waals surface area contributed by atoms with Gasteiger partial charge in [-0.05, 0) is 53.9 Å². The van der Waals surface area contributed by atoms with Crippen LogP contribution in [0.2, 0.25) is 5.02 Å². The van der Waals surface area contributed by atoms with Crippen LogP contribution < -0.4 is 15.5 Å². The Balaban J connectivity index is 1.61. The SMILES string of the molecule is COc1ccc(C)c2c(=O)cc(C(=O)Nc3ccc(-c4ccc(Cl)cc4)cc3)[nH]c12. The number of halogens is 1.